The van der Waals surface area contributed by atoms with Crippen LogP contribution < -0.4 is 16.4 Å². The van der Waals surface area contributed by atoms with Gasteiger partial charge in [0.15, 0.2) is 0 Å². The summed E-state index contributed by atoms with van der Waals surface area (Å²) in [5.74, 6) is -1.59. The van der Waals surface area contributed by atoms with Crippen LogP contribution in [0.25, 0.3) is 0 Å². The van der Waals surface area contributed by atoms with Gasteiger partial charge in [0, 0.05) is 16.3 Å². The number of rotatable bonds is 5. The van der Waals surface area contributed by atoms with Crippen molar-refractivity contribution < 1.29 is 14.0 Å². The summed E-state index contributed by atoms with van der Waals surface area (Å²) in [5.41, 5.74) is 6.94. The molecule has 120 valence electrons. The van der Waals surface area contributed by atoms with E-state index < -0.39 is 17.6 Å². The van der Waals surface area contributed by atoms with Gasteiger partial charge < -0.3 is 16.4 Å². The summed E-state index contributed by atoms with van der Waals surface area (Å²) in [6.45, 7) is 1.63. The summed E-state index contributed by atoms with van der Waals surface area (Å²) in [7, 11) is 0. The highest BCUT2D eigenvalue weighted by Gasteiger charge is 2.11. The van der Waals surface area contributed by atoms with Crippen molar-refractivity contribution in [3.63, 3.8) is 0 Å². The maximum atomic E-state index is 13.6. The van der Waals surface area contributed by atoms with Crippen molar-refractivity contribution in [3.05, 3.63) is 58.4 Å². The van der Waals surface area contributed by atoms with Crippen molar-refractivity contribution in [2.24, 2.45) is 5.73 Å². The summed E-state index contributed by atoms with van der Waals surface area (Å²) < 4.78 is 13.6. The second kappa shape index (κ2) is 7.11. The maximum Gasteiger partial charge on any atom is 0.249 e. The van der Waals surface area contributed by atoms with Crippen molar-refractivity contribution in [3.8, 4) is 0 Å². The third-order valence-corrected chi connectivity index (χ3v) is 3.48. The van der Waals surface area contributed by atoms with E-state index >= 15 is 0 Å². The predicted octanol–water partition coefficient (Wildman–Crippen LogP) is 2.94. The summed E-state index contributed by atoms with van der Waals surface area (Å²) in [5, 5.41) is 5.58. The molecule has 0 saturated carbocycles. The monoisotopic (exact) mass is 335 g/mol. The maximum absolute atomic E-state index is 13.6. The van der Waals surface area contributed by atoms with Crippen LogP contribution in [-0.2, 0) is 4.79 Å². The van der Waals surface area contributed by atoms with Crippen LogP contribution in [0.2, 0.25) is 5.02 Å². The molecule has 0 radical (unpaired) electrons. The quantitative estimate of drug-likeness (QED) is 0.785. The van der Waals surface area contributed by atoms with Gasteiger partial charge in [-0.1, -0.05) is 17.7 Å². The van der Waals surface area contributed by atoms with Gasteiger partial charge in [0.2, 0.25) is 11.8 Å². The normalized spacial score (nSPS) is 10.2. The van der Waals surface area contributed by atoms with Crippen LogP contribution in [0.1, 0.15) is 15.9 Å². The van der Waals surface area contributed by atoms with Crippen molar-refractivity contribution >= 4 is 34.8 Å². The van der Waals surface area contributed by atoms with E-state index in [1.54, 1.807) is 25.1 Å². The first-order chi connectivity index (χ1) is 10.9. The summed E-state index contributed by atoms with van der Waals surface area (Å²) in [6.07, 6.45) is 0. The molecule has 5 nitrogen and oxygen atoms in total. The molecule has 23 heavy (non-hydrogen) atoms. The number of anilines is 2. The minimum absolute atomic E-state index is 0.0452. The van der Waals surface area contributed by atoms with Gasteiger partial charge in [0.05, 0.1) is 12.2 Å². The van der Waals surface area contributed by atoms with Crippen LogP contribution in [0.4, 0.5) is 15.8 Å². The minimum Gasteiger partial charge on any atom is -0.376 e. The molecule has 0 fully saturated rings. The Labute approximate surface area is 137 Å². The van der Waals surface area contributed by atoms with E-state index in [1.165, 1.54) is 12.1 Å². The smallest absolute Gasteiger partial charge is 0.249 e. The number of nitrogens with two attached hydrogens (primary N) is 1. The summed E-state index contributed by atoms with van der Waals surface area (Å²) >= 11 is 5.65. The van der Waals surface area contributed by atoms with E-state index in [0.29, 0.717) is 16.8 Å². The van der Waals surface area contributed by atoms with Gasteiger partial charge in [-0.25, -0.2) is 4.39 Å². The number of hydrogen-bond acceptors (Lipinski definition) is 3. The van der Waals surface area contributed by atoms with E-state index in [2.05, 4.69) is 10.6 Å². The number of benzene rings is 2. The molecule has 4 N–H and O–H groups in total. The molecule has 2 amide bonds. The Morgan fingerprint density at radius 2 is 1.96 bits per heavy atom. The van der Waals surface area contributed by atoms with Gasteiger partial charge in [-0.15, -0.1) is 0 Å². The molecular weight excluding hydrogens is 321 g/mol. The van der Waals surface area contributed by atoms with E-state index in [1.807, 2.05) is 0 Å². The van der Waals surface area contributed by atoms with Gasteiger partial charge in [-0.05, 0) is 42.8 Å². The third kappa shape index (κ3) is 4.20. The standard InChI is InChI=1S/C16H15ClFN3O2/c1-9-11(16(19)23)3-2-4-13(9)20-8-15(22)21-14-6-5-10(17)7-12(14)18/h2-7,20H,8H2,1H3,(H2,19,23)(H,21,22). The zero-order valence-corrected chi connectivity index (χ0v) is 13.1. The SMILES string of the molecule is Cc1c(NCC(=O)Nc2ccc(Cl)cc2F)cccc1C(N)=O. The Hall–Kier alpha value is -2.60. The molecule has 0 saturated heterocycles. The Morgan fingerprint density at radius 3 is 2.61 bits per heavy atom. The molecule has 0 atom stereocenters. The summed E-state index contributed by atoms with van der Waals surface area (Å²) in [4.78, 5) is 23.2. The molecule has 7 heteroatoms. The fourth-order valence-corrected chi connectivity index (χ4v) is 2.21. The van der Waals surface area contributed by atoms with Gasteiger partial charge in [-0.3, -0.25) is 9.59 Å². The first-order valence-corrected chi connectivity index (χ1v) is 7.14. The first kappa shape index (κ1) is 16.8. The molecule has 0 heterocycles. The Balaban J connectivity index is 2.02. The van der Waals surface area contributed by atoms with Crippen molar-refractivity contribution in [2.75, 3.05) is 17.2 Å². The molecule has 2 aromatic rings. The lowest BCUT2D eigenvalue weighted by Crippen LogP contribution is -2.23. The van der Waals surface area contributed by atoms with E-state index in [9.17, 15) is 14.0 Å². The lowest BCUT2D eigenvalue weighted by atomic mass is 10.1. The fourth-order valence-electron chi connectivity index (χ4n) is 2.05. The number of nitrogens with one attached hydrogen (secondary N) is 2. The molecule has 0 bridgehead atoms. The molecule has 0 aromatic heterocycles. The number of hydrogen-bond donors (Lipinski definition) is 3. The fraction of sp³-hybridized carbons (Fsp3) is 0.125. The third-order valence-electron chi connectivity index (χ3n) is 3.24. The second-order valence-corrected chi connectivity index (χ2v) is 5.30. The zero-order chi connectivity index (χ0) is 17.0. The molecule has 0 spiro atoms. The molecular formula is C16H15ClFN3O2. The molecule has 2 aromatic carbocycles. The van der Waals surface area contributed by atoms with Crippen LogP contribution in [0, 0.1) is 12.7 Å². The van der Waals surface area contributed by atoms with Crippen molar-refractivity contribution in [1.29, 1.82) is 0 Å². The van der Waals surface area contributed by atoms with Gasteiger partial charge in [0.25, 0.3) is 0 Å². The zero-order valence-electron chi connectivity index (χ0n) is 12.3. The Bertz CT molecular complexity index is 765. The number of amides is 2. The van der Waals surface area contributed by atoms with Gasteiger partial charge in [0.1, 0.15) is 5.82 Å². The minimum atomic E-state index is -0.613. The van der Waals surface area contributed by atoms with Gasteiger partial charge >= 0.3 is 0 Å². The van der Waals surface area contributed by atoms with Crippen LogP contribution in [-0.4, -0.2) is 18.4 Å². The lowest BCUT2D eigenvalue weighted by Gasteiger charge is -2.12. The highest BCUT2D eigenvalue weighted by Crippen LogP contribution is 2.20. The average molecular weight is 336 g/mol. The van der Waals surface area contributed by atoms with Crippen LogP contribution in [0.5, 0.6) is 0 Å². The molecule has 0 unspecified atom stereocenters. The topological polar surface area (TPSA) is 84.2 Å². The lowest BCUT2D eigenvalue weighted by molar-refractivity contribution is -0.114. The molecule has 0 aliphatic carbocycles. The first-order valence-electron chi connectivity index (χ1n) is 6.76. The average Bonchev–Trinajstić information content (AvgIpc) is 2.49. The summed E-state index contributed by atoms with van der Waals surface area (Å²) in [6, 6.07) is 8.96. The molecule has 2 rings (SSSR count). The number of carbonyl (C=O) groups excluding carboxylic acids is 2. The highest BCUT2D eigenvalue weighted by atomic mass is 35.5. The largest absolute Gasteiger partial charge is 0.376 e. The number of primary amides is 1. The Morgan fingerprint density at radius 1 is 1.22 bits per heavy atom. The Kier molecular flexibility index (Phi) is 5.18. The van der Waals surface area contributed by atoms with E-state index in [0.717, 1.165) is 6.07 Å². The molecule has 0 aliphatic rings. The van der Waals surface area contributed by atoms with Crippen LogP contribution in [0.15, 0.2) is 36.4 Å². The number of halogens is 2. The highest BCUT2D eigenvalue weighted by molar-refractivity contribution is 6.30. The van der Waals surface area contributed by atoms with E-state index in [-0.39, 0.29) is 17.3 Å². The second-order valence-electron chi connectivity index (χ2n) is 4.87. The predicted molar refractivity (Wildman–Crippen MR) is 88.2 cm³/mol. The van der Waals surface area contributed by atoms with E-state index in [4.69, 9.17) is 17.3 Å². The molecule has 0 aliphatic heterocycles. The van der Waals surface area contributed by atoms with Gasteiger partial charge in [-0.2, -0.15) is 0 Å². The van der Waals surface area contributed by atoms with Crippen molar-refractivity contribution in [2.45, 2.75) is 6.92 Å². The number of carbonyl (C=O) groups is 2. The van der Waals surface area contributed by atoms with Crippen molar-refractivity contribution in [1.82, 2.24) is 0 Å². The van der Waals surface area contributed by atoms with Crippen LogP contribution >= 0.6 is 11.6 Å². The van der Waals surface area contributed by atoms with Crippen LogP contribution in [0.3, 0.4) is 0 Å².